The van der Waals surface area contributed by atoms with Crippen LogP contribution >= 0.6 is 11.6 Å². The number of Topliss-reactive ketones (excluding diaryl/α,β-unsaturated/α-hetero) is 1. The van der Waals surface area contributed by atoms with Crippen molar-refractivity contribution in [2.24, 2.45) is 0 Å². The van der Waals surface area contributed by atoms with Gasteiger partial charge in [-0.3, -0.25) is 4.79 Å². The number of halogens is 1. The number of aryl methyl sites for hydroxylation is 2. The number of sulfonamides is 1. The van der Waals surface area contributed by atoms with Gasteiger partial charge < -0.3 is 9.47 Å². The van der Waals surface area contributed by atoms with Gasteiger partial charge in [-0.05, 0) is 54.7 Å². The number of ketones is 1. The minimum atomic E-state index is -3.79. The fraction of sp³-hybridized carbons (Fsp3) is 0.364. The van der Waals surface area contributed by atoms with E-state index in [1.54, 1.807) is 6.07 Å². The van der Waals surface area contributed by atoms with Crippen molar-refractivity contribution in [1.82, 2.24) is 4.31 Å². The number of carbonyl (C=O) groups excluding carboxylic acids is 2. The highest BCUT2D eigenvalue weighted by molar-refractivity contribution is 7.89. The highest BCUT2D eigenvalue weighted by Crippen LogP contribution is 2.25. The molecular formula is C22H22ClNO6S. The fourth-order valence-corrected chi connectivity index (χ4v) is 5.42. The van der Waals surface area contributed by atoms with Crippen LogP contribution in [-0.4, -0.2) is 57.4 Å². The number of rotatable bonds is 6. The normalized spacial score (nSPS) is 16.7. The van der Waals surface area contributed by atoms with E-state index in [-0.39, 0.29) is 34.4 Å². The van der Waals surface area contributed by atoms with E-state index in [0.717, 1.165) is 24.8 Å². The zero-order chi connectivity index (χ0) is 22.0. The summed E-state index contributed by atoms with van der Waals surface area (Å²) < 4.78 is 37.3. The number of hydrogen-bond acceptors (Lipinski definition) is 6. The van der Waals surface area contributed by atoms with Gasteiger partial charge in [0.1, 0.15) is 0 Å². The van der Waals surface area contributed by atoms with Gasteiger partial charge in [0.05, 0.1) is 28.7 Å². The number of fused-ring (bicyclic) bond motifs is 1. The molecule has 0 atom stereocenters. The monoisotopic (exact) mass is 463 g/mol. The largest absolute Gasteiger partial charge is 0.454 e. The molecule has 4 rings (SSSR count). The molecule has 2 aromatic carbocycles. The molecule has 31 heavy (non-hydrogen) atoms. The topological polar surface area (TPSA) is 90.0 Å². The Bertz CT molecular complexity index is 1120. The van der Waals surface area contributed by atoms with Crippen molar-refractivity contribution in [3.05, 3.63) is 63.7 Å². The first-order valence-electron chi connectivity index (χ1n) is 10.1. The highest BCUT2D eigenvalue weighted by Gasteiger charge is 2.28. The zero-order valence-corrected chi connectivity index (χ0v) is 18.4. The molecule has 1 fully saturated rings. The zero-order valence-electron chi connectivity index (χ0n) is 16.8. The third-order valence-corrected chi connectivity index (χ3v) is 7.74. The molecule has 0 bridgehead atoms. The first-order valence-corrected chi connectivity index (χ1v) is 11.9. The number of esters is 1. The summed E-state index contributed by atoms with van der Waals surface area (Å²) in [6.45, 7) is 0.646. The molecule has 9 heteroatoms. The molecule has 7 nitrogen and oxygen atoms in total. The predicted octanol–water partition coefficient (Wildman–Crippen LogP) is 2.89. The van der Waals surface area contributed by atoms with Crippen molar-refractivity contribution in [3.8, 4) is 0 Å². The maximum atomic E-state index is 12.8. The second-order valence-electron chi connectivity index (χ2n) is 7.49. The first-order chi connectivity index (χ1) is 14.9. The van der Waals surface area contributed by atoms with Crippen LogP contribution in [0.1, 0.15) is 38.3 Å². The van der Waals surface area contributed by atoms with Crippen molar-refractivity contribution in [2.75, 3.05) is 32.9 Å². The summed E-state index contributed by atoms with van der Waals surface area (Å²) in [6, 6.07) is 9.40. The SMILES string of the molecule is O=C(COC(=O)c1cc(S(=O)(=O)N2CCOCC2)ccc1Cl)c1ccc2c(c1)CCC2. The molecule has 0 spiro atoms. The smallest absolute Gasteiger partial charge is 0.340 e. The molecule has 1 aliphatic heterocycles. The molecule has 0 N–H and O–H groups in total. The summed E-state index contributed by atoms with van der Waals surface area (Å²) in [6.07, 6.45) is 3.03. The van der Waals surface area contributed by atoms with Crippen LogP contribution in [0.4, 0.5) is 0 Å². The number of benzene rings is 2. The summed E-state index contributed by atoms with van der Waals surface area (Å²) in [7, 11) is -3.79. The Morgan fingerprint density at radius 3 is 2.55 bits per heavy atom. The number of nitrogens with zero attached hydrogens (tertiary/aromatic N) is 1. The maximum Gasteiger partial charge on any atom is 0.340 e. The Balaban J connectivity index is 1.47. The van der Waals surface area contributed by atoms with Crippen molar-refractivity contribution in [1.29, 1.82) is 0 Å². The van der Waals surface area contributed by atoms with Crippen molar-refractivity contribution in [3.63, 3.8) is 0 Å². The van der Waals surface area contributed by atoms with Crippen molar-refractivity contribution in [2.45, 2.75) is 24.2 Å². The Labute approximate surface area is 186 Å². The van der Waals surface area contributed by atoms with E-state index in [0.29, 0.717) is 18.8 Å². The molecule has 164 valence electrons. The number of ether oxygens (including phenoxy) is 2. The van der Waals surface area contributed by atoms with Crippen molar-refractivity contribution < 1.29 is 27.5 Å². The lowest BCUT2D eigenvalue weighted by Gasteiger charge is -2.26. The number of hydrogen-bond donors (Lipinski definition) is 0. The minimum absolute atomic E-state index is 0.0518. The summed E-state index contributed by atoms with van der Waals surface area (Å²) in [5.41, 5.74) is 2.79. The highest BCUT2D eigenvalue weighted by atomic mass is 35.5. The van der Waals surface area contributed by atoms with Crippen LogP contribution in [0, 0.1) is 0 Å². The van der Waals surface area contributed by atoms with Crippen molar-refractivity contribution >= 4 is 33.4 Å². The van der Waals surface area contributed by atoms with Crippen LogP contribution in [0.3, 0.4) is 0 Å². The summed E-state index contributed by atoms with van der Waals surface area (Å²) in [4.78, 5) is 25.0. The molecule has 0 unspecified atom stereocenters. The minimum Gasteiger partial charge on any atom is -0.454 e. The van der Waals surface area contributed by atoms with E-state index in [1.807, 2.05) is 12.1 Å². The molecule has 1 heterocycles. The maximum absolute atomic E-state index is 12.8. The summed E-state index contributed by atoms with van der Waals surface area (Å²) in [5, 5.41) is 0.0518. The Morgan fingerprint density at radius 2 is 1.77 bits per heavy atom. The lowest BCUT2D eigenvalue weighted by molar-refractivity contribution is 0.0474. The van der Waals surface area contributed by atoms with E-state index < -0.39 is 22.6 Å². The molecule has 2 aliphatic rings. The average Bonchev–Trinajstić information content (AvgIpc) is 3.26. The lowest BCUT2D eigenvalue weighted by Crippen LogP contribution is -2.40. The molecular weight excluding hydrogens is 442 g/mol. The lowest BCUT2D eigenvalue weighted by atomic mass is 10.0. The van der Waals surface area contributed by atoms with Gasteiger partial charge in [0.25, 0.3) is 0 Å². The molecule has 0 aromatic heterocycles. The molecule has 0 radical (unpaired) electrons. The van der Waals surface area contributed by atoms with Crippen LogP contribution in [-0.2, 0) is 32.3 Å². The second kappa shape index (κ2) is 9.08. The van der Waals surface area contributed by atoms with Crippen LogP contribution in [0.5, 0.6) is 0 Å². The van der Waals surface area contributed by atoms with E-state index in [9.17, 15) is 18.0 Å². The molecule has 1 aliphatic carbocycles. The predicted molar refractivity (Wildman–Crippen MR) is 114 cm³/mol. The van der Waals surface area contributed by atoms with Gasteiger partial charge in [0.15, 0.2) is 12.4 Å². The van der Waals surface area contributed by atoms with E-state index >= 15 is 0 Å². The average molecular weight is 464 g/mol. The van der Waals surface area contributed by atoms with Gasteiger partial charge in [0.2, 0.25) is 10.0 Å². The first kappa shape index (κ1) is 22.0. The van der Waals surface area contributed by atoms with Crippen LogP contribution in [0.15, 0.2) is 41.3 Å². The number of carbonyl (C=O) groups is 2. The van der Waals surface area contributed by atoms with E-state index in [1.165, 1.54) is 28.1 Å². The standard InChI is InChI=1S/C22H22ClNO6S/c23-20-7-6-18(31(27,28)24-8-10-29-11-9-24)13-19(20)22(26)30-14-21(25)17-5-4-15-2-1-3-16(15)12-17/h4-7,12-13H,1-3,8-11,14H2. The van der Waals surface area contributed by atoms with Gasteiger partial charge >= 0.3 is 5.97 Å². The Kier molecular flexibility index (Phi) is 6.43. The van der Waals surface area contributed by atoms with Crippen LogP contribution in [0.25, 0.3) is 0 Å². The third kappa shape index (κ3) is 4.67. The summed E-state index contributed by atoms with van der Waals surface area (Å²) >= 11 is 6.11. The molecule has 0 amide bonds. The molecule has 0 saturated carbocycles. The van der Waals surface area contributed by atoms with Gasteiger partial charge in [-0.2, -0.15) is 4.31 Å². The fourth-order valence-electron chi connectivity index (χ4n) is 3.79. The molecule has 2 aromatic rings. The van der Waals surface area contributed by atoms with Crippen LogP contribution in [0.2, 0.25) is 5.02 Å². The quantitative estimate of drug-likeness (QED) is 0.483. The Hall–Kier alpha value is -2.26. The summed E-state index contributed by atoms with van der Waals surface area (Å²) in [5.74, 6) is -1.17. The second-order valence-corrected chi connectivity index (χ2v) is 9.84. The third-order valence-electron chi connectivity index (χ3n) is 5.52. The van der Waals surface area contributed by atoms with Gasteiger partial charge in [-0.15, -0.1) is 0 Å². The number of morpholine rings is 1. The van der Waals surface area contributed by atoms with E-state index in [2.05, 4.69) is 0 Å². The molecule has 1 saturated heterocycles. The van der Waals surface area contributed by atoms with E-state index in [4.69, 9.17) is 21.1 Å². The van der Waals surface area contributed by atoms with Gasteiger partial charge in [-0.1, -0.05) is 23.7 Å². The Morgan fingerprint density at radius 1 is 1.03 bits per heavy atom. The van der Waals surface area contributed by atoms with Gasteiger partial charge in [-0.25, -0.2) is 13.2 Å². The van der Waals surface area contributed by atoms with Gasteiger partial charge in [0, 0.05) is 18.7 Å². The van der Waals surface area contributed by atoms with Crippen LogP contribution < -0.4 is 0 Å².